The molecule has 24 heavy (non-hydrogen) atoms. The number of methoxy groups -OCH3 is 6. The fraction of sp³-hybridized carbons (Fsp3) is 0.800. The molecule has 0 aliphatic heterocycles. The van der Waals surface area contributed by atoms with Gasteiger partial charge in [-0.1, -0.05) is 6.08 Å². The average Bonchev–Trinajstić information content (AvgIpc) is 2.62. The van der Waals surface area contributed by atoms with Gasteiger partial charge in [-0.3, -0.25) is 4.79 Å². The van der Waals surface area contributed by atoms with Crippen LogP contribution in [0.3, 0.4) is 0 Å². The van der Waals surface area contributed by atoms with Crippen LogP contribution in [-0.4, -0.2) is 79.6 Å². The molecule has 8 nitrogen and oxygen atoms in total. The zero-order valence-corrected chi connectivity index (χ0v) is 16.7. The van der Waals surface area contributed by atoms with Crippen LogP contribution in [0.25, 0.3) is 0 Å². The van der Waals surface area contributed by atoms with Crippen LogP contribution in [0.5, 0.6) is 0 Å². The highest BCUT2D eigenvalue weighted by molar-refractivity contribution is 6.63. The number of allylic oxidation sites excluding steroid dienone is 1. The van der Waals surface area contributed by atoms with E-state index in [1.165, 1.54) is 48.7 Å². The van der Waals surface area contributed by atoms with Gasteiger partial charge in [0.1, 0.15) is 6.10 Å². The van der Waals surface area contributed by atoms with E-state index in [4.69, 9.17) is 28.4 Å². The number of carbonyl (C=O) groups excluding carboxylic acids is 1. The quantitative estimate of drug-likeness (QED) is 0.284. The molecule has 0 aliphatic carbocycles. The summed E-state index contributed by atoms with van der Waals surface area (Å²) in [6, 6.07) is 0.329. The maximum atomic E-state index is 11.8. The summed E-state index contributed by atoms with van der Waals surface area (Å²) in [5, 5.41) is 10.0. The molecule has 0 radical (unpaired) electrons. The lowest BCUT2D eigenvalue weighted by molar-refractivity contribution is -0.339. The first-order chi connectivity index (χ1) is 11.4. The Labute approximate surface area is 145 Å². The highest BCUT2D eigenvalue weighted by atomic mass is 28.3. The largest absolute Gasteiger partial charge is 0.385 e. The zero-order chi connectivity index (χ0) is 18.8. The first kappa shape index (κ1) is 23.3. The Kier molecular flexibility index (Phi) is 10.8. The Morgan fingerprint density at radius 2 is 1.33 bits per heavy atom. The minimum Gasteiger partial charge on any atom is -0.385 e. The van der Waals surface area contributed by atoms with Crippen LogP contribution in [0, 0.1) is 0 Å². The SMILES string of the molecule is CC=CC(=O)C(O)CC[SiH](C(OC)(OC)OC)C(OC)(OC)OC. The van der Waals surface area contributed by atoms with Gasteiger partial charge < -0.3 is 33.5 Å². The molecule has 0 spiro atoms. The molecule has 0 fully saturated rings. The first-order valence-electron chi connectivity index (χ1n) is 7.52. The van der Waals surface area contributed by atoms with E-state index in [1.54, 1.807) is 13.0 Å². The van der Waals surface area contributed by atoms with Crippen molar-refractivity contribution < 1.29 is 38.3 Å². The topological polar surface area (TPSA) is 92.7 Å². The summed E-state index contributed by atoms with van der Waals surface area (Å²) in [4.78, 5) is 11.8. The van der Waals surface area contributed by atoms with Gasteiger partial charge in [0.2, 0.25) is 0 Å². The van der Waals surface area contributed by atoms with Gasteiger partial charge in [-0.25, -0.2) is 0 Å². The number of aliphatic hydroxyl groups is 1. The molecule has 0 aromatic heterocycles. The van der Waals surface area contributed by atoms with Crippen molar-refractivity contribution in [3.8, 4) is 0 Å². The fourth-order valence-corrected chi connectivity index (χ4v) is 6.16. The molecule has 0 bridgehead atoms. The summed E-state index contributed by atoms with van der Waals surface area (Å²) >= 11 is 0. The molecule has 1 unspecified atom stereocenters. The number of ether oxygens (including phenoxy) is 6. The molecular weight excluding hydrogens is 336 g/mol. The van der Waals surface area contributed by atoms with Crippen LogP contribution in [0.4, 0.5) is 0 Å². The highest BCUT2D eigenvalue weighted by Gasteiger charge is 2.57. The first-order valence-corrected chi connectivity index (χ1v) is 9.49. The van der Waals surface area contributed by atoms with Crippen molar-refractivity contribution in [3.63, 3.8) is 0 Å². The van der Waals surface area contributed by atoms with Crippen molar-refractivity contribution in [1.29, 1.82) is 0 Å². The number of hydrogen-bond acceptors (Lipinski definition) is 8. The van der Waals surface area contributed by atoms with Gasteiger partial charge in [-0.05, 0) is 25.5 Å². The van der Waals surface area contributed by atoms with Crippen molar-refractivity contribution in [2.45, 2.75) is 36.7 Å². The molecule has 0 aromatic rings. The van der Waals surface area contributed by atoms with Crippen LogP contribution in [0.2, 0.25) is 6.04 Å². The van der Waals surface area contributed by atoms with Gasteiger partial charge in [0.05, 0.1) is 0 Å². The van der Waals surface area contributed by atoms with E-state index in [0.717, 1.165) is 0 Å². The van der Waals surface area contributed by atoms with Crippen molar-refractivity contribution in [3.05, 3.63) is 12.2 Å². The number of carbonyl (C=O) groups is 1. The average molecular weight is 366 g/mol. The van der Waals surface area contributed by atoms with Crippen LogP contribution < -0.4 is 0 Å². The number of ketones is 1. The Bertz CT molecular complexity index is 356. The van der Waals surface area contributed by atoms with Crippen molar-refractivity contribution in [2.75, 3.05) is 42.7 Å². The minimum absolute atomic E-state index is 0.162. The van der Waals surface area contributed by atoms with Gasteiger partial charge >= 0.3 is 0 Å². The highest BCUT2D eigenvalue weighted by Crippen LogP contribution is 2.32. The number of hydrogen-bond donors (Lipinski definition) is 1. The fourth-order valence-electron chi connectivity index (χ4n) is 2.67. The summed E-state index contributed by atoms with van der Waals surface area (Å²) < 4.78 is 32.7. The maximum absolute atomic E-state index is 11.8. The second-order valence-electron chi connectivity index (χ2n) is 4.98. The van der Waals surface area contributed by atoms with Gasteiger partial charge in [-0.15, -0.1) is 0 Å². The number of rotatable bonds is 13. The van der Waals surface area contributed by atoms with E-state index < -0.39 is 26.1 Å². The molecule has 0 saturated heterocycles. The van der Waals surface area contributed by atoms with Crippen LogP contribution in [0.15, 0.2) is 12.2 Å². The van der Waals surface area contributed by atoms with E-state index in [2.05, 4.69) is 0 Å². The standard InChI is InChI=1S/C15H30O8Si/c1-8-9-12(16)13(17)10-11-24(14(18-2,19-3)20-4)15(21-5,22-6)23-7/h8-9,13,17,24H,10-11H2,1-7H3. The molecular formula is C15H30O8Si. The lowest BCUT2D eigenvalue weighted by atomic mass is 10.2. The predicted molar refractivity (Wildman–Crippen MR) is 89.9 cm³/mol. The smallest absolute Gasteiger partial charge is 0.261 e. The molecule has 0 amide bonds. The summed E-state index contributed by atoms with van der Waals surface area (Å²) in [6.45, 7) is 1.71. The molecule has 1 N–H and O–H groups in total. The van der Waals surface area contributed by atoms with Gasteiger partial charge in [0, 0.05) is 42.7 Å². The molecule has 9 heteroatoms. The van der Waals surface area contributed by atoms with Crippen molar-refractivity contribution in [1.82, 2.24) is 0 Å². The van der Waals surface area contributed by atoms with Gasteiger partial charge in [0.25, 0.3) is 20.0 Å². The summed E-state index contributed by atoms with van der Waals surface area (Å²) in [6.07, 6.45) is 1.92. The third-order valence-electron chi connectivity index (χ3n) is 3.95. The molecule has 1 atom stereocenters. The molecule has 0 saturated carbocycles. The van der Waals surface area contributed by atoms with Crippen LogP contribution in [0.1, 0.15) is 13.3 Å². The number of aliphatic hydroxyl groups excluding tert-OH is 1. The molecule has 142 valence electrons. The minimum atomic E-state index is -2.52. The Balaban J connectivity index is 5.60. The van der Waals surface area contributed by atoms with E-state index in [0.29, 0.717) is 6.04 Å². The molecule has 0 rings (SSSR count). The Hall–Kier alpha value is -0.653. The van der Waals surface area contributed by atoms with Gasteiger partial charge in [-0.2, -0.15) is 0 Å². The maximum Gasteiger partial charge on any atom is 0.261 e. The van der Waals surface area contributed by atoms with Gasteiger partial charge in [0.15, 0.2) is 5.78 Å². The summed E-state index contributed by atoms with van der Waals surface area (Å²) in [7, 11) is 6.06. The van der Waals surface area contributed by atoms with E-state index in [9.17, 15) is 9.90 Å². The molecule has 0 heterocycles. The normalized spacial score (nSPS) is 14.5. The second kappa shape index (κ2) is 11.1. The predicted octanol–water partition coefficient (Wildman–Crippen LogP) is 0.374. The molecule has 0 aliphatic rings. The third kappa shape index (κ3) is 5.17. The third-order valence-corrected chi connectivity index (χ3v) is 7.98. The van der Waals surface area contributed by atoms with E-state index in [1.807, 2.05) is 0 Å². The summed E-state index contributed by atoms with van der Waals surface area (Å²) in [5.41, 5.74) is -2.85. The van der Waals surface area contributed by atoms with E-state index >= 15 is 0 Å². The monoisotopic (exact) mass is 366 g/mol. The lowest BCUT2D eigenvalue weighted by Crippen LogP contribution is -2.66. The van der Waals surface area contributed by atoms with E-state index in [-0.39, 0.29) is 12.2 Å². The summed E-state index contributed by atoms with van der Waals surface area (Å²) in [5.74, 6) is -0.374. The van der Waals surface area contributed by atoms with Crippen molar-refractivity contribution in [2.24, 2.45) is 0 Å². The second-order valence-corrected chi connectivity index (χ2v) is 8.08. The van der Waals surface area contributed by atoms with Crippen LogP contribution in [-0.2, 0) is 33.2 Å². The molecule has 0 aromatic carbocycles. The lowest BCUT2D eigenvalue weighted by Gasteiger charge is -2.44. The van der Waals surface area contributed by atoms with Crippen molar-refractivity contribution >= 4 is 14.6 Å². The van der Waals surface area contributed by atoms with Crippen LogP contribution >= 0.6 is 0 Å². The Morgan fingerprint density at radius 3 is 1.62 bits per heavy atom. The Morgan fingerprint density at radius 1 is 0.958 bits per heavy atom. The zero-order valence-electron chi connectivity index (χ0n) is 15.5.